The van der Waals surface area contributed by atoms with Crippen LogP contribution in [0.25, 0.3) is 0 Å². The van der Waals surface area contributed by atoms with E-state index in [1.54, 1.807) is 26.2 Å². The number of benzene rings is 1. The molecule has 6 heteroatoms. The third-order valence-corrected chi connectivity index (χ3v) is 3.00. The number of carboxylic acids is 1. The summed E-state index contributed by atoms with van der Waals surface area (Å²) in [6, 6.07) is 6.25. The summed E-state index contributed by atoms with van der Waals surface area (Å²) in [6.45, 7) is 3.75. The van der Waals surface area contributed by atoms with Crippen LogP contribution >= 0.6 is 0 Å². The molecule has 0 aliphatic heterocycles. The number of carbonyl (C=O) groups is 1. The lowest BCUT2D eigenvalue weighted by molar-refractivity contribution is 0.0246. The van der Waals surface area contributed by atoms with Gasteiger partial charge in [0.25, 0.3) is 0 Å². The zero-order valence-corrected chi connectivity index (χ0v) is 12.5. The van der Waals surface area contributed by atoms with Crippen molar-refractivity contribution in [2.45, 2.75) is 18.9 Å². The molecule has 0 radical (unpaired) electrons. The van der Waals surface area contributed by atoms with E-state index in [2.05, 4.69) is 5.32 Å². The smallest absolute Gasteiger partial charge is 0.335 e. The van der Waals surface area contributed by atoms with Crippen LogP contribution in [-0.4, -0.2) is 55.2 Å². The van der Waals surface area contributed by atoms with Crippen molar-refractivity contribution in [2.24, 2.45) is 0 Å². The Labute approximate surface area is 124 Å². The monoisotopic (exact) mass is 297 g/mol. The molecule has 1 aromatic rings. The van der Waals surface area contributed by atoms with E-state index in [9.17, 15) is 9.90 Å². The maximum absolute atomic E-state index is 10.7. The van der Waals surface area contributed by atoms with Gasteiger partial charge in [0, 0.05) is 33.2 Å². The quantitative estimate of drug-likeness (QED) is 0.561. The first-order valence-electron chi connectivity index (χ1n) is 6.83. The minimum absolute atomic E-state index is 0.231. The van der Waals surface area contributed by atoms with Crippen molar-refractivity contribution in [1.82, 2.24) is 5.32 Å². The largest absolute Gasteiger partial charge is 0.492 e. The Hall–Kier alpha value is -1.63. The van der Waals surface area contributed by atoms with Crippen LogP contribution in [-0.2, 0) is 4.74 Å². The van der Waals surface area contributed by atoms with Crippen molar-refractivity contribution in [3.05, 3.63) is 29.8 Å². The molecule has 3 N–H and O–H groups in total. The van der Waals surface area contributed by atoms with E-state index in [1.165, 1.54) is 12.1 Å². The number of hydrogen-bond donors (Lipinski definition) is 3. The summed E-state index contributed by atoms with van der Waals surface area (Å²) in [7, 11) is 1.60. The highest BCUT2D eigenvalue weighted by molar-refractivity contribution is 5.87. The predicted octanol–water partition coefficient (Wildman–Crippen LogP) is 1.14. The van der Waals surface area contributed by atoms with E-state index >= 15 is 0 Å². The SMILES string of the molecule is COCCC(C)(O)CNCCOc1ccc(C(=O)O)cc1. The molecule has 0 aliphatic rings. The minimum Gasteiger partial charge on any atom is -0.492 e. The summed E-state index contributed by atoms with van der Waals surface area (Å²) in [6.07, 6.45) is 0.563. The van der Waals surface area contributed by atoms with Gasteiger partial charge in [0.1, 0.15) is 12.4 Å². The molecule has 1 unspecified atom stereocenters. The van der Waals surface area contributed by atoms with Crippen LogP contribution in [0.5, 0.6) is 5.75 Å². The molecule has 118 valence electrons. The van der Waals surface area contributed by atoms with Gasteiger partial charge in [-0.15, -0.1) is 0 Å². The zero-order chi connectivity index (χ0) is 15.7. The molecule has 21 heavy (non-hydrogen) atoms. The molecule has 0 aromatic heterocycles. The molecule has 6 nitrogen and oxygen atoms in total. The maximum atomic E-state index is 10.7. The van der Waals surface area contributed by atoms with E-state index < -0.39 is 11.6 Å². The summed E-state index contributed by atoms with van der Waals surface area (Å²) in [5.41, 5.74) is -0.575. The van der Waals surface area contributed by atoms with Gasteiger partial charge in [-0.2, -0.15) is 0 Å². The van der Waals surface area contributed by atoms with E-state index in [0.29, 0.717) is 38.5 Å². The van der Waals surface area contributed by atoms with Crippen LogP contribution in [0.15, 0.2) is 24.3 Å². The highest BCUT2D eigenvalue weighted by atomic mass is 16.5. The fourth-order valence-electron chi connectivity index (χ4n) is 1.70. The van der Waals surface area contributed by atoms with Crippen LogP contribution in [0.2, 0.25) is 0 Å². The average Bonchev–Trinajstić information content (AvgIpc) is 2.45. The van der Waals surface area contributed by atoms with Gasteiger partial charge in [0.2, 0.25) is 0 Å². The topological polar surface area (TPSA) is 88.0 Å². The van der Waals surface area contributed by atoms with Crippen molar-refractivity contribution in [3.63, 3.8) is 0 Å². The standard InChI is InChI=1S/C15H23NO5/c1-15(19,7-9-20-2)11-16-8-10-21-13-5-3-12(4-6-13)14(17)18/h3-6,16,19H,7-11H2,1-2H3,(H,17,18). The third kappa shape index (κ3) is 7.08. The molecular formula is C15H23NO5. The number of methoxy groups -OCH3 is 1. The van der Waals surface area contributed by atoms with Crippen molar-refractivity contribution >= 4 is 5.97 Å². The zero-order valence-electron chi connectivity index (χ0n) is 12.5. The predicted molar refractivity (Wildman–Crippen MR) is 78.9 cm³/mol. The Bertz CT molecular complexity index is 430. The summed E-state index contributed by atoms with van der Waals surface area (Å²) in [4.78, 5) is 10.7. The van der Waals surface area contributed by atoms with E-state index in [-0.39, 0.29) is 5.56 Å². The van der Waals surface area contributed by atoms with Crippen molar-refractivity contribution in [2.75, 3.05) is 33.4 Å². The highest BCUT2D eigenvalue weighted by Gasteiger charge is 2.18. The Kier molecular flexibility index (Phi) is 7.14. The van der Waals surface area contributed by atoms with Gasteiger partial charge in [-0.1, -0.05) is 0 Å². The number of carboxylic acid groups (broad SMARTS) is 1. The van der Waals surface area contributed by atoms with Crippen molar-refractivity contribution in [3.8, 4) is 5.75 Å². The van der Waals surface area contributed by atoms with Crippen LogP contribution in [0.4, 0.5) is 0 Å². The summed E-state index contributed by atoms with van der Waals surface area (Å²) in [5.74, 6) is -0.338. The Morgan fingerprint density at radius 1 is 1.29 bits per heavy atom. The van der Waals surface area contributed by atoms with E-state index in [1.807, 2.05) is 0 Å². The Morgan fingerprint density at radius 2 is 1.95 bits per heavy atom. The molecule has 1 aromatic carbocycles. The summed E-state index contributed by atoms with van der Waals surface area (Å²) < 4.78 is 10.4. The molecule has 0 amide bonds. The molecule has 0 heterocycles. The molecule has 1 rings (SSSR count). The van der Waals surface area contributed by atoms with Gasteiger partial charge in [-0.25, -0.2) is 4.79 Å². The van der Waals surface area contributed by atoms with Gasteiger partial charge in [0.15, 0.2) is 0 Å². The first-order valence-corrected chi connectivity index (χ1v) is 6.83. The van der Waals surface area contributed by atoms with Crippen LogP contribution in [0.1, 0.15) is 23.7 Å². The first kappa shape index (κ1) is 17.4. The molecule has 0 aliphatic carbocycles. The number of aliphatic hydroxyl groups is 1. The van der Waals surface area contributed by atoms with Crippen LogP contribution in [0.3, 0.4) is 0 Å². The van der Waals surface area contributed by atoms with Crippen LogP contribution < -0.4 is 10.1 Å². The second kappa shape index (κ2) is 8.61. The maximum Gasteiger partial charge on any atom is 0.335 e. The molecule has 1 atom stereocenters. The lowest BCUT2D eigenvalue weighted by Gasteiger charge is -2.23. The summed E-state index contributed by atoms with van der Waals surface area (Å²) >= 11 is 0. The van der Waals surface area contributed by atoms with Crippen LogP contribution in [0, 0.1) is 0 Å². The van der Waals surface area contributed by atoms with Gasteiger partial charge in [-0.3, -0.25) is 0 Å². The molecule has 0 spiro atoms. The second-order valence-corrected chi connectivity index (χ2v) is 5.09. The van der Waals surface area contributed by atoms with Gasteiger partial charge in [0.05, 0.1) is 11.2 Å². The number of nitrogens with one attached hydrogen (secondary N) is 1. The van der Waals surface area contributed by atoms with E-state index in [0.717, 1.165) is 0 Å². The third-order valence-electron chi connectivity index (χ3n) is 3.00. The normalized spacial score (nSPS) is 13.7. The lowest BCUT2D eigenvalue weighted by Crippen LogP contribution is -2.40. The first-order chi connectivity index (χ1) is 9.94. The summed E-state index contributed by atoms with van der Waals surface area (Å²) in [5, 5.41) is 21.9. The molecule has 0 saturated carbocycles. The number of hydrogen-bond acceptors (Lipinski definition) is 5. The second-order valence-electron chi connectivity index (χ2n) is 5.09. The fraction of sp³-hybridized carbons (Fsp3) is 0.533. The molecular weight excluding hydrogens is 274 g/mol. The van der Waals surface area contributed by atoms with Crippen molar-refractivity contribution < 1.29 is 24.5 Å². The molecule has 0 saturated heterocycles. The fourth-order valence-corrected chi connectivity index (χ4v) is 1.70. The lowest BCUT2D eigenvalue weighted by atomic mass is 10.0. The number of rotatable bonds is 10. The van der Waals surface area contributed by atoms with Gasteiger partial charge < -0.3 is 25.0 Å². The number of aromatic carboxylic acids is 1. The molecule has 0 fully saturated rings. The van der Waals surface area contributed by atoms with E-state index in [4.69, 9.17) is 14.6 Å². The number of ether oxygens (including phenoxy) is 2. The molecule has 0 bridgehead atoms. The average molecular weight is 297 g/mol. The van der Waals surface area contributed by atoms with Gasteiger partial charge >= 0.3 is 5.97 Å². The van der Waals surface area contributed by atoms with Crippen molar-refractivity contribution in [1.29, 1.82) is 0 Å². The van der Waals surface area contributed by atoms with Gasteiger partial charge in [-0.05, 0) is 31.2 Å². The minimum atomic E-state index is -0.957. The Morgan fingerprint density at radius 3 is 2.52 bits per heavy atom. The highest BCUT2D eigenvalue weighted by Crippen LogP contribution is 2.12. The Balaban J connectivity index is 2.20.